The molecule has 45 heavy (non-hydrogen) atoms. The van der Waals surface area contributed by atoms with E-state index in [0.29, 0.717) is 21.8 Å². The minimum absolute atomic E-state index is 0.184. The van der Waals surface area contributed by atoms with Crippen LogP contribution in [0.15, 0.2) is 60.7 Å². The molecule has 1 saturated heterocycles. The SMILES string of the molecule is COc1cc(-c2cccc(-c3cccc(-c4ccc(C)c(OC)n4)c3Cl)c2Cl)cc2c1CN(CC1CCN(C(C)=O)CC1)CC2. The number of halogens is 2. The maximum absolute atomic E-state index is 11.7. The summed E-state index contributed by atoms with van der Waals surface area (Å²) >= 11 is 14.2. The number of rotatable bonds is 7. The molecule has 0 unspecified atom stereocenters. The Balaban J connectivity index is 1.27. The highest BCUT2D eigenvalue weighted by atomic mass is 35.5. The van der Waals surface area contributed by atoms with Gasteiger partial charge in [0.2, 0.25) is 11.8 Å². The minimum atomic E-state index is 0.184. The quantitative estimate of drug-likeness (QED) is 0.203. The highest BCUT2D eigenvalue weighted by Crippen LogP contribution is 2.44. The maximum atomic E-state index is 11.7. The Morgan fingerprint density at radius 2 is 1.56 bits per heavy atom. The van der Waals surface area contributed by atoms with Crippen LogP contribution in [0.25, 0.3) is 33.5 Å². The van der Waals surface area contributed by atoms with Crippen molar-refractivity contribution in [1.29, 1.82) is 0 Å². The standard InChI is InChI=1S/C37H39Cl2N3O3/c1-23-11-12-33(40-37(23)45-4)31-10-6-9-30(36(31)39)29-8-5-7-28(35(29)38)27-19-26-15-16-41(22-32(26)34(20-27)44-3)21-25-13-17-42(18-14-25)24(2)43/h5-12,19-20,25H,13-18,21-22H2,1-4H3. The molecule has 0 spiro atoms. The van der Waals surface area contributed by atoms with Gasteiger partial charge in [0.25, 0.3) is 0 Å². The summed E-state index contributed by atoms with van der Waals surface area (Å²) in [6.07, 6.45) is 3.08. The third-order valence-corrected chi connectivity index (χ3v) is 10.1. The van der Waals surface area contributed by atoms with Crippen LogP contribution in [0, 0.1) is 12.8 Å². The molecule has 0 saturated carbocycles. The van der Waals surface area contributed by atoms with Crippen LogP contribution < -0.4 is 9.47 Å². The smallest absolute Gasteiger partial charge is 0.219 e. The first-order valence-electron chi connectivity index (χ1n) is 15.5. The van der Waals surface area contributed by atoms with Crippen molar-refractivity contribution in [2.24, 2.45) is 5.92 Å². The van der Waals surface area contributed by atoms with E-state index in [1.165, 1.54) is 11.1 Å². The van der Waals surface area contributed by atoms with Gasteiger partial charge in [-0.15, -0.1) is 0 Å². The number of likely N-dealkylation sites (tertiary alicyclic amines) is 1. The zero-order valence-corrected chi connectivity index (χ0v) is 27.8. The number of carbonyl (C=O) groups excluding carboxylic acids is 1. The van der Waals surface area contributed by atoms with Crippen molar-refractivity contribution in [3.05, 3.63) is 87.4 Å². The fraction of sp³-hybridized carbons (Fsp3) is 0.351. The van der Waals surface area contributed by atoms with Gasteiger partial charge in [-0.2, -0.15) is 0 Å². The third kappa shape index (κ3) is 6.42. The van der Waals surface area contributed by atoms with Crippen molar-refractivity contribution in [2.45, 2.75) is 39.7 Å². The van der Waals surface area contributed by atoms with E-state index in [9.17, 15) is 4.79 Å². The zero-order valence-electron chi connectivity index (χ0n) is 26.3. The molecule has 0 bridgehead atoms. The van der Waals surface area contributed by atoms with Crippen molar-refractivity contribution in [2.75, 3.05) is 40.4 Å². The Labute approximate surface area is 275 Å². The van der Waals surface area contributed by atoms with Crippen LogP contribution in [-0.2, 0) is 17.8 Å². The molecule has 2 aliphatic rings. The maximum Gasteiger partial charge on any atom is 0.219 e. The normalized spacial score (nSPS) is 15.6. The molecule has 4 aromatic rings. The van der Waals surface area contributed by atoms with Gasteiger partial charge in [-0.3, -0.25) is 9.69 Å². The second-order valence-corrected chi connectivity index (χ2v) is 12.9. The average molecular weight is 645 g/mol. The second-order valence-electron chi connectivity index (χ2n) is 12.1. The molecule has 2 aliphatic heterocycles. The van der Waals surface area contributed by atoms with Crippen LogP contribution in [0.1, 0.15) is 36.5 Å². The van der Waals surface area contributed by atoms with Crippen molar-refractivity contribution in [3.8, 4) is 45.1 Å². The van der Waals surface area contributed by atoms with E-state index in [1.807, 2.05) is 54.3 Å². The summed E-state index contributed by atoms with van der Waals surface area (Å²) in [6.45, 7) is 8.27. The fourth-order valence-corrected chi connectivity index (χ4v) is 7.40. The van der Waals surface area contributed by atoms with E-state index in [4.69, 9.17) is 32.7 Å². The van der Waals surface area contributed by atoms with Crippen molar-refractivity contribution < 1.29 is 14.3 Å². The van der Waals surface area contributed by atoms with Gasteiger partial charge >= 0.3 is 0 Å². The largest absolute Gasteiger partial charge is 0.496 e. The summed E-state index contributed by atoms with van der Waals surface area (Å²) in [4.78, 5) is 20.9. The lowest BCUT2D eigenvalue weighted by Crippen LogP contribution is -2.41. The predicted octanol–water partition coefficient (Wildman–Crippen LogP) is 8.33. The molecule has 3 heterocycles. The number of methoxy groups -OCH3 is 2. The molecule has 0 atom stereocenters. The Hall–Kier alpha value is -3.58. The number of hydrogen-bond donors (Lipinski definition) is 0. The van der Waals surface area contributed by atoms with Gasteiger partial charge in [-0.05, 0) is 55.4 Å². The van der Waals surface area contributed by atoms with Gasteiger partial charge in [0.15, 0.2) is 0 Å². The van der Waals surface area contributed by atoms with Crippen LogP contribution in [0.5, 0.6) is 11.6 Å². The summed E-state index contributed by atoms with van der Waals surface area (Å²) in [7, 11) is 3.36. The van der Waals surface area contributed by atoms with Crippen molar-refractivity contribution in [1.82, 2.24) is 14.8 Å². The summed E-state index contributed by atoms with van der Waals surface area (Å²) in [5.74, 6) is 2.26. The number of ether oxygens (including phenoxy) is 2. The molecule has 0 radical (unpaired) electrons. The second kappa shape index (κ2) is 13.4. The van der Waals surface area contributed by atoms with Crippen LogP contribution >= 0.6 is 23.2 Å². The van der Waals surface area contributed by atoms with E-state index in [2.05, 4.69) is 28.1 Å². The Morgan fingerprint density at radius 1 is 0.889 bits per heavy atom. The molecule has 3 aromatic carbocycles. The highest BCUT2D eigenvalue weighted by molar-refractivity contribution is 6.39. The van der Waals surface area contributed by atoms with E-state index >= 15 is 0 Å². The van der Waals surface area contributed by atoms with E-state index < -0.39 is 0 Å². The number of benzene rings is 3. The average Bonchev–Trinajstić information content (AvgIpc) is 3.05. The number of aromatic nitrogens is 1. The molecule has 1 fully saturated rings. The number of piperidine rings is 1. The van der Waals surface area contributed by atoms with Crippen LogP contribution in [0.3, 0.4) is 0 Å². The van der Waals surface area contributed by atoms with E-state index in [0.717, 1.165) is 96.8 Å². The monoisotopic (exact) mass is 643 g/mol. The summed E-state index contributed by atoms with van der Waals surface area (Å²) in [5, 5.41) is 1.23. The summed E-state index contributed by atoms with van der Waals surface area (Å²) < 4.78 is 11.4. The first-order chi connectivity index (χ1) is 21.8. The number of carbonyl (C=O) groups is 1. The number of fused-ring (bicyclic) bond motifs is 1. The number of amides is 1. The van der Waals surface area contributed by atoms with E-state index in [1.54, 1.807) is 21.1 Å². The van der Waals surface area contributed by atoms with Gasteiger partial charge in [-0.25, -0.2) is 4.98 Å². The zero-order chi connectivity index (χ0) is 31.7. The van der Waals surface area contributed by atoms with Crippen LogP contribution in [0.4, 0.5) is 0 Å². The van der Waals surface area contributed by atoms with Crippen molar-refractivity contribution >= 4 is 29.1 Å². The Kier molecular flexibility index (Phi) is 9.36. The molecule has 0 N–H and O–H groups in total. The van der Waals surface area contributed by atoms with Crippen LogP contribution in [0.2, 0.25) is 10.0 Å². The fourth-order valence-electron chi connectivity index (χ4n) is 6.74. The lowest BCUT2D eigenvalue weighted by atomic mass is 9.90. The summed E-state index contributed by atoms with van der Waals surface area (Å²) in [5.41, 5.74) is 8.74. The van der Waals surface area contributed by atoms with Gasteiger partial charge in [0.05, 0.1) is 30.0 Å². The lowest BCUT2D eigenvalue weighted by molar-refractivity contribution is -0.130. The molecule has 1 aromatic heterocycles. The highest BCUT2D eigenvalue weighted by Gasteiger charge is 2.27. The number of hydrogen-bond acceptors (Lipinski definition) is 5. The van der Waals surface area contributed by atoms with Gasteiger partial charge < -0.3 is 14.4 Å². The summed E-state index contributed by atoms with van der Waals surface area (Å²) in [6, 6.07) is 20.4. The molecular weight excluding hydrogens is 605 g/mol. The van der Waals surface area contributed by atoms with Crippen molar-refractivity contribution in [3.63, 3.8) is 0 Å². The number of pyridine rings is 1. The molecule has 234 valence electrons. The Morgan fingerprint density at radius 3 is 2.22 bits per heavy atom. The molecule has 6 nitrogen and oxygen atoms in total. The predicted molar refractivity (Wildman–Crippen MR) is 182 cm³/mol. The first-order valence-corrected chi connectivity index (χ1v) is 16.3. The Bertz CT molecular complexity index is 1720. The topological polar surface area (TPSA) is 54.9 Å². The van der Waals surface area contributed by atoms with Gasteiger partial charge in [0, 0.05) is 73.0 Å². The first kappa shape index (κ1) is 31.4. The van der Waals surface area contributed by atoms with Gasteiger partial charge in [-0.1, -0.05) is 71.7 Å². The number of nitrogens with zero attached hydrogens (tertiary/aromatic N) is 3. The van der Waals surface area contributed by atoms with Crippen LogP contribution in [-0.4, -0.2) is 61.1 Å². The minimum Gasteiger partial charge on any atom is -0.496 e. The lowest BCUT2D eigenvalue weighted by Gasteiger charge is -2.36. The molecule has 0 aliphatic carbocycles. The molecular formula is C37H39Cl2N3O3. The number of aryl methyl sites for hydroxylation is 1. The molecule has 1 amide bonds. The van der Waals surface area contributed by atoms with Gasteiger partial charge in [0.1, 0.15) is 5.75 Å². The third-order valence-electron chi connectivity index (χ3n) is 9.30. The molecule has 6 rings (SSSR count). The molecule has 8 heteroatoms. The van der Waals surface area contributed by atoms with E-state index in [-0.39, 0.29) is 5.91 Å².